The molecule has 0 radical (unpaired) electrons. The zero-order valence-electron chi connectivity index (χ0n) is 11.2. The minimum Gasteiger partial charge on any atom is -0.372 e. The Kier molecular flexibility index (Phi) is 2.69. The molecule has 1 heterocycles. The van der Waals surface area contributed by atoms with Crippen molar-refractivity contribution in [1.29, 1.82) is 0 Å². The van der Waals surface area contributed by atoms with Gasteiger partial charge in [0.25, 0.3) is 0 Å². The fourth-order valence-electron chi connectivity index (χ4n) is 1.98. The van der Waals surface area contributed by atoms with Crippen molar-refractivity contribution in [3.8, 4) is 0 Å². The van der Waals surface area contributed by atoms with Gasteiger partial charge in [-0.3, -0.25) is 0 Å². The molecule has 1 aromatic heterocycles. The average Bonchev–Trinajstić information content (AvgIpc) is 2.61. The molecular formula is C14H20FNSi. The lowest BCUT2D eigenvalue weighted by Gasteiger charge is -2.38. The molecule has 1 nitrogen and oxygen atoms in total. The minimum absolute atomic E-state index is 0.114. The van der Waals surface area contributed by atoms with E-state index in [0.717, 1.165) is 10.9 Å². The average molecular weight is 249 g/mol. The Balaban J connectivity index is 2.73. The third-order valence-electron chi connectivity index (χ3n) is 4.10. The maximum absolute atomic E-state index is 14.0. The van der Waals surface area contributed by atoms with Gasteiger partial charge in [0.05, 0.1) is 5.52 Å². The molecule has 0 saturated heterocycles. The zero-order chi connectivity index (χ0) is 12.8. The molecule has 0 spiro atoms. The Labute approximate surface area is 103 Å². The zero-order valence-corrected chi connectivity index (χ0v) is 12.2. The molecule has 2 aromatic rings. The number of fused-ring (bicyclic) bond motifs is 1. The van der Waals surface area contributed by atoms with Gasteiger partial charge in [-0.25, -0.2) is 4.39 Å². The van der Waals surface area contributed by atoms with Gasteiger partial charge in [-0.15, -0.1) is 0 Å². The van der Waals surface area contributed by atoms with Crippen molar-refractivity contribution in [2.75, 3.05) is 0 Å². The second-order valence-corrected chi connectivity index (χ2v) is 11.3. The van der Waals surface area contributed by atoms with Crippen LogP contribution in [-0.2, 0) is 0 Å². The number of para-hydroxylation sites is 1. The highest BCUT2D eigenvalue weighted by Gasteiger charge is 2.38. The lowest BCUT2D eigenvalue weighted by Crippen LogP contribution is -2.45. The Bertz CT molecular complexity index is 549. The predicted molar refractivity (Wildman–Crippen MR) is 74.5 cm³/mol. The summed E-state index contributed by atoms with van der Waals surface area (Å²) in [4.78, 5) is 0. The predicted octanol–water partition coefficient (Wildman–Crippen LogP) is 4.63. The lowest BCUT2D eigenvalue weighted by molar-refractivity contribution is 0.633. The van der Waals surface area contributed by atoms with Crippen LogP contribution in [0.2, 0.25) is 18.1 Å². The van der Waals surface area contributed by atoms with Crippen molar-refractivity contribution in [1.82, 2.24) is 4.23 Å². The van der Waals surface area contributed by atoms with E-state index in [1.807, 2.05) is 18.3 Å². The van der Waals surface area contributed by atoms with Gasteiger partial charge >= 0.3 is 0 Å². The largest absolute Gasteiger partial charge is 0.372 e. The molecule has 0 atom stereocenters. The van der Waals surface area contributed by atoms with Crippen molar-refractivity contribution < 1.29 is 4.39 Å². The molecule has 0 aliphatic rings. The van der Waals surface area contributed by atoms with Crippen molar-refractivity contribution in [3.63, 3.8) is 0 Å². The van der Waals surface area contributed by atoms with Gasteiger partial charge < -0.3 is 4.23 Å². The highest BCUT2D eigenvalue weighted by atomic mass is 28.3. The number of rotatable bonds is 1. The van der Waals surface area contributed by atoms with E-state index in [2.05, 4.69) is 38.1 Å². The van der Waals surface area contributed by atoms with Crippen molar-refractivity contribution in [3.05, 3.63) is 36.3 Å². The molecule has 1 aromatic carbocycles. The molecule has 0 aliphatic carbocycles. The molecule has 2 rings (SSSR count). The second kappa shape index (κ2) is 3.70. The summed E-state index contributed by atoms with van der Waals surface area (Å²) in [5.41, 5.74) is 0.763. The van der Waals surface area contributed by atoms with Crippen molar-refractivity contribution in [2.45, 2.75) is 38.9 Å². The molecule has 0 amide bonds. The molecule has 0 aliphatic heterocycles. The van der Waals surface area contributed by atoms with Crippen LogP contribution in [0, 0.1) is 5.82 Å². The second-order valence-electron chi connectivity index (χ2n) is 6.17. The number of hydrogen-bond acceptors (Lipinski definition) is 0. The van der Waals surface area contributed by atoms with E-state index in [-0.39, 0.29) is 10.9 Å². The van der Waals surface area contributed by atoms with Crippen LogP contribution >= 0.6 is 0 Å². The highest BCUT2D eigenvalue weighted by molar-refractivity contribution is 6.79. The topological polar surface area (TPSA) is 4.93 Å². The van der Waals surface area contributed by atoms with Gasteiger partial charge in [0.2, 0.25) is 0 Å². The Hall–Kier alpha value is -1.09. The summed E-state index contributed by atoms with van der Waals surface area (Å²) < 4.78 is 16.2. The van der Waals surface area contributed by atoms with Crippen LogP contribution in [0.15, 0.2) is 30.5 Å². The van der Waals surface area contributed by atoms with Crippen LogP contribution in [0.25, 0.3) is 10.9 Å². The quantitative estimate of drug-likeness (QED) is 0.649. The van der Waals surface area contributed by atoms with Gasteiger partial charge in [0.1, 0.15) is 5.82 Å². The Morgan fingerprint density at radius 3 is 2.35 bits per heavy atom. The minimum atomic E-state index is -1.75. The molecule has 0 saturated carbocycles. The first-order chi connectivity index (χ1) is 7.75. The van der Waals surface area contributed by atoms with Crippen LogP contribution < -0.4 is 0 Å². The summed E-state index contributed by atoms with van der Waals surface area (Å²) in [5, 5.41) is 1.19. The van der Waals surface area contributed by atoms with E-state index in [9.17, 15) is 4.39 Å². The molecule has 0 N–H and O–H groups in total. The van der Waals surface area contributed by atoms with Crippen LogP contribution in [0.1, 0.15) is 20.8 Å². The monoisotopic (exact) mass is 249 g/mol. The van der Waals surface area contributed by atoms with Gasteiger partial charge in [-0.2, -0.15) is 0 Å². The molecular weight excluding hydrogens is 229 g/mol. The molecule has 3 heteroatoms. The number of benzene rings is 1. The van der Waals surface area contributed by atoms with Gasteiger partial charge in [-0.1, -0.05) is 46.0 Å². The molecule has 17 heavy (non-hydrogen) atoms. The van der Waals surface area contributed by atoms with Crippen LogP contribution in [0.4, 0.5) is 4.39 Å². The van der Waals surface area contributed by atoms with E-state index in [0.29, 0.717) is 0 Å². The third kappa shape index (κ3) is 1.82. The van der Waals surface area contributed by atoms with Gasteiger partial charge in [0.15, 0.2) is 8.24 Å². The van der Waals surface area contributed by atoms with Gasteiger partial charge in [0, 0.05) is 5.39 Å². The van der Waals surface area contributed by atoms with Crippen LogP contribution in [-0.4, -0.2) is 12.5 Å². The summed E-state index contributed by atoms with van der Waals surface area (Å²) >= 11 is 0. The highest BCUT2D eigenvalue weighted by Crippen LogP contribution is 2.39. The summed E-state index contributed by atoms with van der Waals surface area (Å²) in [7, 11) is -1.75. The first-order valence-corrected chi connectivity index (χ1v) is 8.96. The van der Waals surface area contributed by atoms with Gasteiger partial charge in [-0.05, 0) is 23.4 Å². The Morgan fingerprint density at radius 1 is 1.12 bits per heavy atom. The SMILES string of the molecule is CC(C)(C)[Si](C)(C)n1ccc2cccc(F)c21. The molecule has 0 unspecified atom stereocenters. The Morgan fingerprint density at radius 2 is 1.76 bits per heavy atom. The first-order valence-electron chi connectivity index (χ1n) is 6.01. The summed E-state index contributed by atoms with van der Waals surface area (Å²) in [6, 6.07) is 7.31. The molecule has 0 fully saturated rings. The maximum atomic E-state index is 14.0. The van der Waals surface area contributed by atoms with Crippen LogP contribution in [0.5, 0.6) is 0 Å². The van der Waals surface area contributed by atoms with E-state index < -0.39 is 8.24 Å². The maximum Gasteiger partial charge on any atom is 0.161 e. The van der Waals surface area contributed by atoms with E-state index in [4.69, 9.17) is 0 Å². The molecule has 92 valence electrons. The molecule has 0 bridgehead atoms. The number of aromatic nitrogens is 1. The first kappa shape index (κ1) is 12.4. The lowest BCUT2D eigenvalue weighted by atomic mass is 10.2. The number of halogens is 1. The summed E-state index contributed by atoms with van der Waals surface area (Å²) in [6.45, 7) is 11.3. The normalized spacial score (nSPS) is 13.3. The van der Waals surface area contributed by atoms with E-state index in [1.54, 1.807) is 12.1 Å². The standard InChI is InChI=1S/C14H20FNSi/c1-14(2,3)17(4,5)16-10-9-11-7-6-8-12(15)13(11)16/h6-10H,1-5H3. The van der Waals surface area contributed by atoms with E-state index >= 15 is 0 Å². The van der Waals surface area contributed by atoms with Crippen LogP contribution in [0.3, 0.4) is 0 Å². The summed E-state index contributed by atoms with van der Waals surface area (Å²) in [5.74, 6) is -0.114. The fraction of sp³-hybridized carbons (Fsp3) is 0.429. The van der Waals surface area contributed by atoms with E-state index in [1.165, 1.54) is 0 Å². The van der Waals surface area contributed by atoms with Crippen molar-refractivity contribution in [2.24, 2.45) is 0 Å². The fourth-order valence-corrected chi connectivity index (χ4v) is 3.94. The van der Waals surface area contributed by atoms with Crippen molar-refractivity contribution >= 4 is 19.1 Å². The number of nitrogens with zero attached hydrogens (tertiary/aromatic N) is 1. The summed E-state index contributed by atoms with van der Waals surface area (Å²) in [6.07, 6.45) is 2.05. The third-order valence-corrected chi connectivity index (χ3v) is 9.35. The smallest absolute Gasteiger partial charge is 0.161 e. The number of hydrogen-bond donors (Lipinski definition) is 0.